The maximum absolute atomic E-state index is 12.1. The molecule has 0 spiro atoms. The minimum atomic E-state index is -0.371. The summed E-state index contributed by atoms with van der Waals surface area (Å²) in [4.78, 5) is 16.4. The van der Waals surface area contributed by atoms with Crippen molar-refractivity contribution in [3.63, 3.8) is 0 Å². The molecule has 5 heteroatoms. The Bertz CT molecular complexity index is 807. The van der Waals surface area contributed by atoms with E-state index in [9.17, 15) is 4.79 Å². The lowest BCUT2D eigenvalue weighted by atomic mass is 10.1. The Morgan fingerprint density at radius 2 is 1.86 bits per heavy atom. The lowest BCUT2D eigenvalue weighted by Gasteiger charge is -2.01. The van der Waals surface area contributed by atoms with Crippen molar-refractivity contribution < 1.29 is 9.32 Å². The van der Waals surface area contributed by atoms with E-state index in [1.54, 1.807) is 12.1 Å². The van der Waals surface area contributed by atoms with E-state index in [0.29, 0.717) is 11.5 Å². The first-order valence-corrected chi connectivity index (χ1v) is 6.90. The van der Waals surface area contributed by atoms with Crippen LogP contribution < -0.4 is 5.32 Å². The van der Waals surface area contributed by atoms with E-state index in [-0.39, 0.29) is 11.7 Å². The van der Waals surface area contributed by atoms with Crippen LogP contribution in [0.15, 0.2) is 53.1 Å². The molecule has 0 radical (unpaired) electrons. The predicted octanol–water partition coefficient (Wildman–Crippen LogP) is 3.61. The van der Waals surface area contributed by atoms with Crippen molar-refractivity contribution in [1.82, 2.24) is 10.1 Å². The van der Waals surface area contributed by atoms with Gasteiger partial charge in [-0.15, -0.1) is 0 Å². The molecule has 110 valence electrons. The van der Waals surface area contributed by atoms with Gasteiger partial charge in [-0.25, -0.2) is 4.98 Å². The molecule has 0 aliphatic heterocycles. The van der Waals surface area contributed by atoms with Crippen LogP contribution in [-0.2, 0) is 0 Å². The minimum Gasteiger partial charge on any atom is -0.350 e. The number of aryl methyl sites for hydroxylation is 2. The van der Waals surface area contributed by atoms with E-state index in [2.05, 4.69) is 15.5 Å². The molecule has 2 aromatic heterocycles. The molecule has 0 bridgehead atoms. The molecule has 0 unspecified atom stereocenters. The molecule has 0 saturated carbocycles. The van der Waals surface area contributed by atoms with Gasteiger partial charge >= 0.3 is 0 Å². The molecule has 0 aliphatic rings. The van der Waals surface area contributed by atoms with Gasteiger partial charge in [0.25, 0.3) is 5.91 Å². The van der Waals surface area contributed by atoms with Crippen LogP contribution >= 0.6 is 0 Å². The van der Waals surface area contributed by atoms with Gasteiger partial charge in [0.1, 0.15) is 11.5 Å². The maximum atomic E-state index is 12.1. The Kier molecular flexibility index (Phi) is 3.70. The number of carbonyl (C=O) groups excluding carboxylic acids is 1. The van der Waals surface area contributed by atoms with E-state index in [4.69, 9.17) is 4.52 Å². The smallest absolute Gasteiger partial charge is 0.295 e. The summed E-state index contributed by atoms with van der Waals surface area (Å²) < 4.78 is 5.12. The average Bonchev–Trinajstić information content (AvgIpc) is 2.98. The van der Waals surface area contributed by atoms with Crippen LogP contribution in [0, 0.1) is 13.8 Å². The first-order chi connectivity index (χ1) is 10.6. The van der Waals surface area contributed by atoms with Crippen LogP contribution in [0.5, 0.6) is 0 Å². The highest BCUT2D eigenvalue weighted by Crippen LogP contribution is 2.20. The highest BCUT2D eigenvalue weighted by Gasteiger charge is 2.14. The van der Waals surface area contributed by atoms with Crippen molar-refractivity contribution in [2.45, 2.75) is 13.8 Å². The highest BCUT2D eigenvalue weighted by molar-refractivity contribution is 6.02. The van der Waals surface area contributed by atoms with Gasteiger partial charge in [-0.05, 0) is 26.0 Å². The lowest BCUT2D eigenvalue weighted by molar-refractivity contribution is 0.0987. The second-order valence-corrected chi connectivity index (χ2v) is 5.06. The fourth-order valence-corrected chi connectivity index (χ4v) is 2.03. The molecule has 0 aliphatic carbocycles. The number of nitrogens with zero attached hydrogens (tertiary/aromatic N) is 2. The average molecular weight is 293 g/mol. The van der Waals surface area contributed by atoms with Gasteiger partial charge in [0.15, 0.2) is 0 Å². The second kappa shape index (κ2) is 5.81. The zero-order chi connectivity index (χ0) is 15.5. The van der Waals surface area contributed by atoms with Crippen molar-refractivity contribution in [1.29, 1.82) is 0 Å². The van der Waals surface area contributed by atoms with Gasteiger partial charge in [-0.2, -0.15) is 0 Å². The summed E-state index contributed by atoms with van der Waals surface area (Å²) in [7, 11) is 0. The number of pyridine rings is 1. The Hall–Kier alpha value is -2.95. The van der Waals surface area contributed by atoms with E-state index >= 15 is 0 Å². The van der Waals surface area contributed by atoms with Crippen LogP contribution in [0.25, 0.3) is 11.3 Å². The molecule has 0 fully saturated rings. The fourth-order valence-electron chi connectivity index (χ4n) is 2.03. The third kappa shape index (κ3) is 3.03. The molecule has 1 N–H and O–H groups in total. The van der Waals surface area contributed by atoms with Gasteiger partial charge < -0.3 is 9.84 Å². The first kappa shape index (κ1) is 14.0. The number of hydrogen-bond donors (Lipinski definition) is 1. The summed E-state index contributed by atoms with van der Waals surface area (Å²) in [5.74, 6) is 0.265. The molecular weight excluding hydrogens is 278 g/mol. The quantitative estimate of drug-likeness (QED) is 0.801. The van der Waals surface area contributed by atoms with Gasteiger partial charge in [0.2, 0.25) is 5.76 Å². The van der Waals surface area contributed by atoms with E-state index in [1.165, 1.54) is 0 Å². The van der Waals surface area contributed by atoms with Crippen LogP contribution in [-0.4, -0.2) is 16.0 Å². The van der Waals surface area contributed by atoms with Crippen molar-refractivity contribution >= 4 is 11.7 Å². The number of amides is 1. The standard InChI is InChI=1S/C17H15N3O2/c1-11-6-8-13(9-7-11)14-10-15(22-20-14)17(21)19-16-5-3-4-12(2)18-16/h3-10H,1-2H3,(H,18,19,21). The van der Waals surface area contributed by atoms with Crippen LogP contribution in [0.1, 0.15) is 21.8 Å². The van der Waals surface area contributed by atoms with Crippen molar-refractivity contribution in [2.24, 2.45) is 0 Å². The lowest BCUT2D eigenvalue weighted by Crippen LogP contribution is -2.12. The SMILES string of the molecule is Cc1ccc(-c2cc(C(=O)Nc3cccc(C)n3)on2)cc1. The first-order valence-electron chi connectivity index (χ1n) is 6.90. The number of benzene rings is 1. The third-order valence-electron chi connectivity index (χ3n) is 3.21. The van der Waals surface area contributed by atoms with E-state index in [0.717, 1.165) is 16.8 Å². The molecule has 2 heterocycles. The largest absolute Gasteiger partial charge is 0.350 e. The Labute approximate surface area is 128 Å². The second-order valence-electron chi connectivity index (χ2n) is 5.06. The number of carbonyl (C=O) groups is 1. The molecule has 3 rings (SSSR count). The molecule has 0 saturated heterocycles. The highest BCUT2D eigenvalue weighted by atomic mass is 16.5. The number of nitrogens with one attached hydrogen (secondary N) is 1. The minimum absolute atomic E-state index is 0.152. The van der Waals surface area contributed by atoms with Crippen LogP contribution in [0.2, 0.25) is 0 Å². The van der Waals surface area contributed by atoms with Gasteiger partial charge in [-0.3, -0.25) is 4.79 Å². The maximum Gasteiger partial charge on any atom is 0.295 e. The molecule has 5 nitrogen and oxygen atoms in total. The summed E-state index contributed by atoms with van der Waals surface area (Å²) in [6, 6.07) is 14.9. The summed E-state index contributed by atoms with van der Waals surface area (Å²) in [6.07, 6.45) is 0. The molecule has 1 aromatic carbocycles. The zero-order valence-corrected chi connectivity index (χ0v) is 12.3. The molecule has 0 atom stereocenters. The molecule has 3 aromatic rings. The summed E-state index contributed by atoms with van der Waals surface area (Å²) in [5.41, 5.74) is 3.52. The molecule has 1 amide bonds. The normalized spacial score (nSPS) is 10.5. The zero-order valence-electron chi connectivity index (χ0n) is 12.3. The number of rotatable bonds is 3. The Morgan fingerprint density at radius 3 is 2.59 bits per heavy atom. The van der Waals surface area contributed by atoms with Gasteiger partial charge in [-0.1, -0.05) is 41.1 Å². The van der Waals surface area contributed by atoms with Crippen molar-refractivity contribution in [3.8, 4) is 11.3 Å². The van der Waals surface area contributed by atoms with Crippen LogP contribution in [0.3, 0.4) is 0 Å². The fraction of sp³-hybridized carbons (Fsp3) is 0.118. The Balaban J connectivity index is 1.78. The van der Waals surface area contributed by atoms with Gasteiger partial charge in [0, 0.05) is 17.3 Å². The topological polar surface area (TPSA) is 68.0 Å². The monoisotopic (exact) mass is 293 g/mol. The predicted molar refractivity (Wildman–Crippen MR) is 83.6 cm³/mol. The van der Waals surface area contributed by atoms with Gasteiger partial charge in [0.05, 0.1) is 0 Å². The number of anilines is 1. The van der Waals surface area contributed by atoms with Crippen LogP contribution in [0.4, 0.5) is 5.82 Å². The Morgan fingerprint density at radius 1 is 1.09 bits per heavy atom. The summed E-state index contributed by atoms with van der Waals surface area (Å²) in [6.45, 7) is 3.87. The third-order valence-corrected chi connectivity index (χ3v) is 3.21. The summed E-state index contributed by atoms with van der Waals surface area (Å²) in [5, 5.41) is 6.63. The van der Waals surface area contributed by atoms with E-state index < -0.39 is 0 Å². The molecule has 22 heavy (non-hydrogen) atoms. The van der Waals surface area contributed by atoms with Crippen molar-refractivity contribution in [2.75, 3.05) is 5.32 Å². The van der Waals surface area contributed by atoms with Crippen molar-refractivity contribution in [3.05, 3.63) is 65.5 Å². The number of hydrogen-bond acceptors (Lipinski definition) is 4. The number of aromatic nitrogens is 2. The molecular formula is C17H15N3O2. The van der Waals surface area contributed by atoms with E-state index in [1.807, 2.05) is 50.2 Å². The summed E-state index contributed by atoms with van der Waals surface area (Å²) >= 11 is 0.